The zero-order valence-corrected chi connectivity index (χ0v) is 16.0. The summed E-state index contributed by atoms with van der Waals surface area (Å²) in [5.74, 6) is 2.32. The molecule has 3 rings (SSSR count). The topological polar surface area (TPSA) is 86.5 Å². The summed E-state index contributed by atoms with van der Waals surface area (Å²) in [4.78, 5) is 16.3. The van der Waals surface area contributed by atoms with Crippen LogP contribution in [0.3, 0.4) is 0 Å². The molecule has 7 nitrogen and oxygen atoms in total. The Morgan fingerprint density at radius 2 is 1.79 bits per heavy atom. The van der Waals surface area contributed by atoms with Crippen LogP contribution in [0.4, 0.5) is 0 Å². The third-order valence-electron chi connectivity index (χ3n) is 4.09. The number of methoxy groups -OCH3 is 1. The fourth-order valence-electron chi connectivity index (χ4n) is 2.50. The Balaban J connectivity index is 1.36. The van der Waals surface area contributed by atoms with E-state index >= 15 is 0 Å². The van der Waals surface area contributed by atoms with Crippen molar-refractivity contribution in [3.8, 4) is 22.9 Å². The van der Waals surface area contributed by atoms with Gasteiger partial charge in [-0.3, -0.25) is 4.79 Å². The minimum Gasteiger partial charge on any atom is -0.497 e. The summed E-state index contributed by atoms with van der Waals surface area (Å²) in [6.45, 7) is 2.68. The Hall–Kier alpha value is -3.35. The lowest BCUT2D eigenvalue weighted by atomic mass is 10.1. The van der Waals surface area contributed by atoms with Crippen LogP contribution < -0.4 is 14.8 Å². The molecule has 1 heterocycles. The summed E-state index contributed by atoms with van der Waals surface area (Å²) in [7, 11) is 1.62. The Labute approximate surface area is 163 Å². The van der Waals surface area contributed by atoms with E-state index in [0.717, 1.165) is 22.6 Å². The smallest absolute Gasteiger partial charge is 0.246 e. The predicted octanol–water partition coefficient (Wildman–Crippen LogP) is 3.53. The van der Waals surface area contributed by atoms with Gasteiger partial charge in [0.1, 0.15) is 11.5 Å². The largest absolute Gasteiger partial charge is 0.497 e. The first-order chi connectivity index (χ1) is 13.6. The maximum Gasteiger partial charge on any atom is 0.246 e. The van der Waals surface area contributed by atoms with Crippen LogP contribution in [0.25, 0.3) is 11.4 Å². The maximum absolute atomic E-state index is 12.0. The molecule has 0 atom stereocenters. The molecule has 28 heavy (non-hydrogen) atoms. The average Bonchev–Trinajstić information content (AvgIpc) is 3.20. The SMILES string of the molecule is COc1ccc(OCCCC(=O)NCc2nc(-c3ccc(C)cc3)no2)cc1. The van der Waals surface area contributed by atoms with E-state index in [1.165, 1.54) is 0 Å². The second kappa shape index (κ2) is 9.55. The van der Waals surface area contributed by atoms with Crippen molar-refractivity contribution in [3.05, 3.63) is 60.0 Å². The first-order valence-electron chi connectivity index (χ1n) is 9.07. The first kappa shape index (κ1) is 19.4. The fourth-order valence-corrected chi connectivity index (χ4v) is 2.50. The summed E-state index contributed by atoms with van der Waals surface area (Å²) in [6.07, 6.45) is 0.964. The number of aryl methyl sites for hydroxylation is 1. The van der Waals surface area contributed by atoms with Crippen LogP contribution in [0.2, 0.25) is 0 Å². The highest BCUT2D eigenvalue weighted by atomic mass is 16.5. The van der Waals surface area contributed by atoms with Gasteiger partial charge in [-0.1, -0.05) is 35.0 Å². The molecule has 0 saturated carbocycles. The zero-order chi connectivity index (χ0) is 19.8. The fraction of sp³-hybridized carbons (Fsp3) is 0.286. The number of carbonyl (C=O) groups excluding carboxylic acids is 1. The number of hydrogen-bond acceptors (Lipinski definition) is 6. The van der Waals surface area contributed by atoms with Gasteiger partial charge in [0.25, 0.3) is 0 Å². The van der Waals surface area contributed by atoms with E-state index < -0.39 is 0 Å². The van der Waals surface area contributed by atoms with Crippen molar-refractivity contribution in [3.63, 3.8) is 0 Å². The normalized spacial score (nSPS) is 10.5. The number of ether oxygens (including phenoxy) is 2. The Kier molecular flexibility index (Phi) is 6.62. The number of rotatable bonds is 9. The van der Waals surface area contributed by atoms with E-state index in [0.29, 0.717) is 31.2 Å². The monoisotopic (exact) mass is 381 g/mol. The molecule has 1 aromatic heterocycles. The van der Waals surface area contributed by atoms with Crippen molar-refractivity contribution in [1.29, 1.82) is 0 Å². The van der Waals surface area contributed by atoms with Crippen LogP contribution in [0, 0.1) is 6.92 Å². The van der Waals surface area contributed by atoms with Gasteiger partial charge in [-0.05, 0) is 37.6 Å². The van der Waals surface area contributed by atoms with Crippen LogP contribution in [0.1, 0.15) is 24.3 Å². The molecule has 1 N–H and O–H groups in total. The maximum atomic E-state index is 12.0. The molecule has 0 radical (unpaired) electrons. The summed E-state index contributed by atoms with van der Waals surface area (Å²) in [6, 6.07) is 15.2. The summed E-state index contributed by atoms with van der Waals surface area (Å²) in [5, 5.41) is 6.73. The summed E-state index contributed by atoms with van der Waals surface area (Å²) in [5.41, 5.74) is 2.04. The van der Waals surface area contributed by atoms with Crippen LogP contribution in [-0.2, 0) is 11.3 Å². The second-order valence-corrected chi connectivity index (χ2v) is 6.28. The van der Waals surface area contributed by atoms with Gasteiger partial charge in [0.15, 0.2) is 0 Å². The molecule has 0 fully saturated rings. The van der Waals surface area contributed by atoms with Gasteiger partial charge in [-0.25, -0.2) is 0 Å². The standard InChI is InChI=1S/C21H23N3O4/c1-15-5-7-16(8-6-15)21-23-20(28-24-21)14-22-19(25)4-3-13-27-18-11-9-17(26-2)10-12-18/h5-12H,3-4,13-14H2,1-2H3,(H,22,25). The van der Waals surface area contributed by atoms with E-state index in [9.17, 15) is 4.79 Å². The highest BCUT2D eigenvalue weighted by Gasteiger charge is 2.10. The summed E-state index contributed by atoms with van der Waals surface area (Å²) >= 11 is 0. The summed E-state index contributed by atoms with van der Waals surface area (Å²) < 4.78 is 15.9. The van der Waals surface area contributed by atoms with Gasteiger partial charge in [0, 0.05) is 12.0 Å². The lowest BCUT2D eigenvalue weighted by molar-refractivity contribution is -0.121. The predicted molar refractivity (Wildman–Crippen MR) is 104 cm³/mol. The molecular weight excluding hydrogens is 358 g/mol. The molecule has 1 amide bonds. The van der Waals surface area contributed by atoms with Crippen LogP contribution >= 0.6 is 0 Å². The molecule has 7 heteroatoms. The minimum absolute atomic E-state index is 0.0894. The first-order valence-corrected chi connectivity index (χ1v) is 9.07. The van der Waals surface area contributed by atoms with Crippen molar-refractivity contribution < 1.29 is 18.8 Å². The number of hydrogen-bond donors (Lipinski definition) is 1. The number of nitrogens with one attached hydrogen (secondary N) is 1. The van der Waals surface area contributed by atoms with E-state index in [2.05, 4.69) is 15.5 Å². The molecule has 0 bridgehead atoms. The molecule has 2 aromatic carbocycles. The highest BCUT2D eigenvalue weighted by molar-refractivity contribution is 5.75. The van der Waals surface area contributed by atoms with Crippen molar-refractivity contribution in [1.82, 2.24) is 15.5 Å². The number of amides is 1. The molecule has 0 unspecified atom stereocenters. The average molecular weight is 381 g/mol. The van der Waals surface area contributed by atoms with Crippen molar-refractivity contribution in [2.24, 2.45) is 0 Å². The van der Waals surface area contributed by atoms with Gasteiger partial charge in [-0.15, -0.1) is 0 Å². The molecule has 3 aromatic rings. The Morgan fingerprint density at radius 3 is 2.50 bits per heavy atom. The quantitative estimate of drug-likeness (QED) is 0.571. The second-order valence-electron chi connectivity index (χ2n) is 6.28. The molecule has 146 valence electrons. The number of nitrogens with zero attached hydrogens (tertiary/aromatic N) is 2. The Morgan fingerprint density at radius 1 is 1.07 bits per heavy atom. The minimum atomic E-state index is -0.0894. The van der Waals surface area contributed by atoms with Gasteiger partial charge in [0.05, 0.1) is 20.3 Å². The van der Waals surface area contributed by atoms with Crippen molar-refractivity contribution in [2.45, 2.75) is 26.3 Å². The number of benzene rings is 2. The van der Waals surface area contributed by atoms with Gasteiger partial charge in [0.2, 0.25) is 17.6 Å². The van der Waals surface area contributed by atoms with Gasteiger partial charge >= 0.3 is 0 Å². The third kappa shape index (κ3) is 5.57. The molecule has 0 aliphatic carbocycles. The molecule has 0 saturated heterocycles. The Bertz CT molecular complexity index is 889. The molecule has 0 spiro atoms. The van der Waals surface area contributed by atoms with Crippen LogP contribution in [0.15, 0.2) is 53.1 Å². The van der Waals surface area contributed by atoms with E-state index in [4.69, 9.17) is 14.0 Å². The van der Waals surface area contributed by atoms with E-state index in [-0.39, 0.29) is 12.5 Å². The van der Waals surface area contributed by atoms with Crippen LogP contribution in [-0.4, -0.2) is 29.8 Å². The van der Waals surface area contributed by atoms with E-state index in [1.54, 1.807) is 7.11 Å². The molecule has 0 aliphatic heterocycles. The lowest BCUT2D eigenvalue weighted by Crippen LogP contribution is -2.23. The van der Waals surface area contributed by atoms with Gasteiger partial charge < -0.3 is 19.3 Å². The third-order valence-corrected chi connectivity index (χ3v) is 4.09. The zero-order valence-electron chi connectivity index (χ0n) is 16.0. The molecule has 0 aliphatic rings. The van der Waals surface area contributed by atoms with Crippen LogP contribution in [0.5, 0.6) is 11.5 Å². The van der Waals surface area contributed by atoms with Gasteiger partial charge in [-0.2, -0.15) is 4.98 Å². The highest BCUT2D eigenvalue weighted by Crippen LogP contribution is 2.17. The van der Waals surface area contributed by atoms with Crippen molar-refractivity contribution in [2.75, 3.05) is 13.7 Å². The number of carbonyl (C=O) groups is 1. The number of aromatic nitrogens is 2. The molecular formula is C21H23N3O4. The van der Waals surface area contributed by atoms with Crippen molar-refractivity contribution >= 4 is 5.91 Å². The lowest BCUT2D eigenvalue weighted by Gasteiger charge is -2.07. The van der Waals surface area contributed by atoms with E-state index in [1.807, 2.05) is 55.5 Å².